The molecule has 0 atom stereocenters. The fraction of sp³-hybridized carbons (Fsp3) is 1.00. The van der Waals surface area contributed by atoms with Crippen LogP contribution in [0, 0.1) is 0 Å². The molecule has 0 saturated heterocycles. The molecular weight excluding hydrogens is 178 g/mol. The molecule has 0 radical (unpaired) electrons. The van der Waals surface area contributed by atoms with Crippen LogP contribution in [0.4, 0.5) is 12.9 Å². The van der Waals surface area contributed by atoms with E-state index in [-0.39, 0.29) is 0 Å². The van der Waals surface area contributed by atoms with E-state index in [1.807, 2.05) is 0 Å². The SMILES string of the molecule is CCCCNCCCC.FB(F)F. The van der Waals surface area contributed by atoms with E-state index in [1.165, 1.54) is 38.8 Å². The van der Waals surface area contributed by atoms with Crippen molar-refractivity contribution >= 4 is 7.54 Å². The van der Waals surface area contributed by atoms with Crippen molar-refractivity contribution in [1.29, 1.82) is 0 Å². The molecule has 0 aliphatic heterocycles. The van der Waals surface area contributed by atoms with Crippen molar-refractivity contribution in [3.63, 3.8) is 0 Å². The maximum atomic E-state index is 9.67. The Morgan fingerprint density at radius 1 is 0.923 bits per heavy atom. The van der Waals surface area contributed by atoms with Crippen molar-refractivity contribution in [2.24, 2.45) is 0 Å². The van der Waals surface area contributed by atoms with Crippen LogP contribution in [0.25, 0.3) is 0 Å². The fourth-order valence-electron chi connectivity index (χ4n) is 0.729. The molecule has 0 bridgehead atoms. The van der Waals surface area contributed by atoms with E-state index in [4.69, 9.17) is 0 Å². The van der Waals surface area contributed by atoms with Crippen molar-refractivity contribution in [3.8, 4) is 0 Å². The van der Waals surface area contributed by atoms with Crippen molar-refractivity contribution in [1.82, 2.24) is 5.32 Å². The highest BCUT2D eigenvalue weighted by molar-refractivity contribution is 6.33. The Hall–Kier alpha value is -0.185. The summed E-state index contributed by atoms with van der Waals surface area (Å²) in [7, 11) is -3.67. The Kier molecular flexibility index (Phi) is 16.9. The summed E-state index contributed by atoms with van der Waals surface area (Å²) in [5.41, 5.74) is 0. The number of hydrogen-bond donors (Lipinski definition) is 1. The third kappa shape index (κ3) is 33.7. The summed E-state index contributed by atoms with van der Waals surface area (Å²) in [6.07, 6.45) is 5.26. The molecule has 80 valence electrons. The summed E-state index contributed by atoms with van der Waals surface area (Å²) >= 11 is 0. The molecule has 0 aliphatic rings. The van der Waals surface area contributed by atoms with E-state index in [9.17, 15) is 12.9 Å². The number of halogens is 3. The van der Waals surface area contributed by atoms with E-state index >= 15 is 0 Å². The van der Waals surface area contributed by atoms with E-state index in [0.29, 0.717) is 0 Å². The minimum atomic E-state index is -3.67. The topological polar surface area (TPSA) is 12.0 Å². The van der Waals surface area contributed by atoms with Gasteiger partial charge in [-0.05, 0) is 25.9 Å². The number of nitrogens with one attached hydrogen (secondary N) is 1. The molecule has 0 spiro atoms. The Balaban J connectivity index is 0. The highest BCUT2D eigenvalue weighted by atomic mass is 19.4. The van der Waals surface area contributed by atoms with Gasteiger partial charge in [0, 0.05) is 0 Å². The first kappa shape index (κ1) is 15.3. The lowest BCUT2D eigenvalue weighted by atomic mass is 10.3. The first-order valence-electron chi connectivity index (χ1n) is 4.78. The van der Waals surface area contributed by atoms with Crippen LogP contribution < -0.4 is 5.32 Å². The summed E-state index contributed by atoms with van der Waals surface area (Å²) in [5.74, 6) is 0. The van der Waals surface area contributed by atoms with Gasteiger partial charge in [0.15, 0.2) is 0 Å². The molecule has 1 nitrogen and oxygen atoms in total. The Bertz CT molecular complexity index is 75.0. The minimum absolute atomic E-state index is 1.20. The van der Waals surface area contributed by atoms with Crippen molar-refractivity contribution in [3.05, 3.63) is 0 Å². The predicted octanol–water partition coefficient (Wildman–Crippen LogP) is 3.06. The largest absolute Gasteiger partial charge is 0.762 e. The predicted molar refractivity (Wildman–Crippen MR) is 51.8 cm³/mol. The second-order valence-electron chi connectivity index (χ2n) is 2.70. The van der Waals surface area contributed by atoms with Gasteiger partial charge < -0.3 is 5.32 Å². The molecule has 0 aromatic heterocycles. The Morgan fingerprint density at radius 2 is 1.23 bits per heavy atom. The number of hydrogen-bond acceptors (Lipinski definition) is 1. The van der Waals surface area contributed by atoms with Crippen LogP contribution in [0.15, 0.2) is 0 Å². The van der Waals surface area contributed by atoms with Crippen LogP contribution in [0.5, 0.6) is 0 Å². The zero-order valence-electron chi connectivity index (χ0n) is 8.45. The molecule has 0 aliphatic carbocycles. The normalized spacial score (nSPS) is 9.00. The molecule has 0 unspecified atom stereocenters. The lowest BCUT2D eigenvalue weighted by Gasteiger charge is -1.99. The monoisotopic (exact) mass is 197 g/mol. The number of rotatable bonds is 6. The van der Waals surface area contributed by atoms with Crippen molar-refractivity contribution in [2.75, 3.05) is 13.1 Å². The Morgan fingerprint density at radius 3 is 1.46 bits per heavy atom. The van der Waals surface area contributed by atoms with Crippen LogP contribution >= 0.6 is 0 Å². The van der Waals surface area contributed by atoms with Crippen molar-refractivity contribution in [2.45, 2.75) is 39.5 Å². The Labute approximate surface area is 79.3 Å². The maximum Gasteiger partial charge on any atom is 0.762 e. The zero-order valence-corrected chi connectivity index (χ0v) is 8.45. The minimum Gasteiger partial charge on any atom is -0.317 e. The third-order valence-corrected chi connectivity index (χ3v) is 1.41. The summed E-state index contributed by atoms with van der Waals surface area (Å²) in [6, 6.07) is 0. The van der Waals surface area contributed by atoms with Gasteiger partial charge in [0.25, 0.3) is 0 Å². The van der Waals surface area contributed by atoms with Gasteiger partial charge in [-0.2, -0.15) is 0 Å². The first-order valence-corrected chi connectivity index (χ1v) is 4.78. The molecule has 13 heavy (non-hydrogen) atoms. The lowest BCUT2D eigenvalue weighted by molar-refractivity contribution is 0.535. The second-order valence-corrected chi connectivity index (χ2v) is 2.70. The molecular formula is C8H19BF3N. The van der Waals surface area contributed by atoms with Gasteiger partial charge in [0.2, 0.25) is 0 Å². The quantitative estimate of drug-likeness (QED) is 0.509. The van der Waals surface area contributed by atoms with Gasteiger partial charge in [-0.15, -0.1) is 0 Å². The van der Waals surface area contributed by atoms with Gasteiger partial charge >= 0.3 is 7.54 Å². The smallest absolute Gasteiger partial charge is 0.317 e. The van der Waals surface area contributed by atoms with Gasteiger partial charge in [0.05, 0.1) is 0 Å². The lowest BCUT2D eigenvalue weighted by Crippen LogP contribution is -2.15. The van der Waals surface area contributed by atoms with E-state index in [1.54, 1.807) is 0 Å². The standard InChI is InChI=1S/C8H19N.BF3/c1-3-5-7-9-8-6-4-2;2-1(3)4/h9H,3-8H2,1-2H3;. The average molecular weight is 197 g/mol. The molecule has 0 fully saturated rings. The zero-order chi connectivity index (χ0) is 10.5. The first-order chi connectivity index (χ1) is 6.15. The number of unbranched alkanes of at least 4 members (excludes halogenated alkanes) is 2. The van der Waals surface area contributed by atoms with Crippen molar-refractivity contribution < 1.29 is 12.9 Å². The molecule has 0 heterocycles. The maximum absolute atomic E-state index is 9.67. The van der Waals surface area contributed by atoms with Gasteiger partial charge in [-0.25, -0.2) is 0 Å². The average Bonchev–Trinajstić information content (AvgIpc) is 2.03. The van der Waals surface area contributed by atoms with Gasteiger partial charge in [-0.3, -0.25) is 12.9 Å². The third-order valence-electron chi connectivity index (χ3n) is 1.41. The van der Waals surface area contributed by atoms with Crippen LogP contribution in [0.3, 0.4) is 0 Å². The van der Waals surface area contributed by atoms with Crippen LogP contribution in [-0.4, -0.2) is 20.6 Å². The van der Waals surface area contributed by atoms with Crippen LogP contribution in [0.2, 0.25) is 0 Å². The van der Waals surface area contributed by atoms with E-state index < -0.39 is 7.54 Å². The van der Waals surface area contributed by atoms with Gasteiger partial charge in [0.1, 0.15) is 0 Å². The summed E-state index contributed by atoms with van der Waals surface area (Å²) < 4.78 is 29.0. The molecule has 0 amide bonds. The molecule has 1 N–H and O–H groups in total. The van der Waals surface area contributed by atoms with Crippen LogP contribution in [0.1, 0.15) is 39.5 Å². The highest BCUT2D eigenvalue weighted by Gasteiger charge is 2.06. The molecule has 0 aromatic carbocycles. The molecule has 0 rings (SSSR count). The summed E-state index contributed by atoms with van der Waals surface area (Å²) in [6.45, 7) is 6.86. The molecule has 0 aromatic rings. The molecule has 0 saturated carbocycles. The fourth-order valence-corrected chi connectivity index (χ4v) is 0.729. The highest BCUT2D eigenvalue weighted by Crippen LogP contribution is 1.85. The summed E-state index contributed by atoms with van der Waals surface area (Å²) in [4.78, 5) is 0. The van der Waals surface area contributed by atoms with Gasteiger partial charge in [-0.1, -0.05) is 26.7 Å². The van der Waals surface area contributed by atoms with E-state index in [0.717, 1.165) is 0 Å². The summed E-state index contributed by atoms with van der Waals surface area (Å²) in [5, 5.41) is 3.39. The second kappa shape index (κ2) is 14.3. The van der Waals surface area contributed by atoms with E-state index in [2.05, 4.69) is 19.2 Å². The molecule has 5 heteroatoms. The van der Waals surface area contributed by atoms with Crippen LogP contribution in [-0.2, 0) is 0 Å².